The van der Waals surface area contributed by atoms with Crippen molar-refractivity contribution in [2.45, 2.75) is 50.6 Å². The van der Waals surface area contributed by atoms with Crippen LogP contribution in [0.2, 0.25) is 0 Å². The number of rotatable bonds is 10. The Morgan fingerprint density at radius 3 is 2.36 bits per heavy atom. The van der Waals surface area contributed by atoms with E-state index in [0.29, 0.717) is 40.1 Å². The molecule has 1 unspecified atom stereocenters. The molecule has 0 bridgehead atoms. The molecule has 1 aliphatic carbocycles. The normalized spacial score (nSPS) is 21.1. The second kappa shape index (κ2) is 15.6. The zero-order valence-electron chi connectivity index (χ0n) is 32.3. The van der Waals surface area contributed by atoms with Crippen molar-refractivity contribution in [3.8, 4) is 28.5 Å². The summed E-state index contributed by atoms with van der Waals surface area (Å²) in [6.07, 6.45) is 6.60. The molecule has 0 spiro atoms. The highest BCUT2D eigenvalue weighted by molar-refractivity contribution is 6.03. The number of hydrogen-bond donors (Lipinski definition) is 3. The molecule has 3 aromatic heterocycles. The summed E-state index contributed by atoms with van der Waals surface area (Å²) in [6, 6.07) is 14.7. The Kier molecular flexibility index (Phi) is 10.0. The first-order valence-electron chi connectivity index (χ1n) is 19.9. The van der Waals surface area contributed by atoms with E-state index in [1.807, 2.05) is 27.8 Å². The van der Waals surface area contributed by atoms with Crippen LogP contribution in [0.15, 0.2) is 67.1 Å². The molecule has 1 saturated carbocycles. The van der Waals surface area contributed by atoms with E-state index in [2.05, 4.69) is 30.5 Å². The summed E-state index contributed by atoms with van der Waals surface area (Å²) in [6.45, 7) is 3.24. The van der Waals surface area contributed by atoms with Gasteiger partial charge in [0.25, 0.3) is 5.91 Å². The van der Waals surface area contributed by atoms with E-state index in [0.717, 1.165) is 63.1 Å². The average molecular weight is 803 g/mol. The third kappa shape index (κ3) is 7.36. The Balaban J connectivity index is 0.763. The van der Waals surface area contributed by atoms with Gasteiger partial charge in [-0.05, 0) is 80.6 Å². The molecule has 3 saturated heterocycles. The van der Waals surface area contributed by atoms with E-state index in [-0.39, 0.29) is 53.8 Å². The fourth-order valence-electron chi connectivity index (χ4n) is 8.60. The van der Waals surface area contributed by atoms with Gasteiger partial charge in [0, 0.05) is 55.9 Å². The molecular weight excluding hydrogens is 760 g/mol. The molecule has 16 nitrogen and oxygen atoms in total. The zero-order valence-corrected chi connectivity index (χ0v) is 32.3. The topological polar surface area (TPSA) is 200 Å². The number of pyridine rings is 1. The number of anilines is 2. The van der Waals surface area contributed by atoms with E-state index in [1.54, 1.807) is 30.5 Å². The van der Waals surface area contributed by atoms with Crippen molar-refractivity contribution in [1.29, 1.82) is 0 Å². The van der Waals surface area contributed by atoms with Crippen molar-refractivity contribution < 1.29 is 33.0 Å². The SMILES string of the molecule is COc1cccc(Oc2ccc(-c3nn(C4CCC(C(=O)N5CC(C6CN(c7ccc(C(=O)NC8CCC(=O)NC8=O)nc7)C6)C5)CC4)c4ncnc(N)c34)cc2)c1F. The Bertz CT molecular complexity index is 2420. The fraction of sp³-hybridized carbons (Fsp3) is 0.381. The van der Waals surface area contributed by atoms with Gasteiger partial charge in [-0.25, -0.2) is 19.6 Å². The maximum atomic E-state index is 14.7. The van der Waals surface area contributed by atoms with E-state index >= 15 is 0 Å². The number of hydrogen-bond acceptors (Lipinski definition) is 12. The molecule has 0 radical (unpaired) electrons. The maximum Gasteiger partial charge on any atom is 0.270 e. The lowest BCUT2D eigenvalue weighted by Gasteiger charge is -2.52. The van der Waals surface area contributed by atoms with E-state index in [4.69, 9.17) is 20.3 Å². The van der Waals surface area contributed by atoms with Crippen molar-refractivity contribution in [2.75, 3.05) is 43.9 Å². The summed E-state index contributed by atoms with van der Waals surface area (Å²) in [4.78, 5) is 67.0. The minimum absolute atomic E-state index is 0.0372. The predicted octanol–water partition coefficient (Wildman–Crippen LogP) is 4.27. The van der Waals surface area contributed by atoms with Gasteiger partial charge in [0.15, 0.2) is 17.1 Å². The Labute approximate surface area is 338 Å². The minimum atomic E-state index is -0.754. The molecule has 304 valence electrons. The Morgan fingerprint density at radius 1 is 0.898 bits per heavy atom. The van der Waals surface area contributed by atoms with Crippen LogP contribution in [0, 0.1) is 23.6 Å². The van der Waals surface area contributed by atoms with Crippen LogP contribution >= 0.6 is 0 Å². The number of fused-ring (bicyclic) bond motifs is 1. The second-order valence-corrected chi connectivity index (χ2v) is 15.7. The molecule has 5 aromatic rings. The molecule has 17 heteroatoms. The van der Waals surface area contributed by atoms with Gasteiger partial charge in [-0.1, -0.05) is 6.07 Å². The van der Waals surface area contributed by atoms with Crippen molar-refractivity contribution >= 4 is 46.2 Å². The van der Waals surface area contributed by atoms with Gasteiger partial charge >= 0.3 is 0 Å². The molecule has 1 atom stereocenters. The zero-order chi connectivity index (χ0) is 40.8. The van der Waals surface area contributed by atoms with Gasteiger partial charge in [-0.15, -0.1) is 0 Å². The molecule has 4 amide bonds. The number of aromatic nitrogens is 5. The number of nitrogens with zero attached hydrogens (tertiary/aromatic N) is 7. The number of amides is 4. The number of ether oxygens (including phenoxy) is 2. The van der Waals surface area contributed by atoms with Crippen LogP contribution in [0.5, 0.6) is 17.2 Å². The van der Waals surface area contributed by atoms with Crippen LogP contribution in [0.4, 0.5) is 15.9 Å². The highest BCUT2D eigenvalue weighted by Crippen LogP contribution is 2.41. The number of imide groups is 1. The summed E-state index contributed by atoms with van der Waals surface area (Å²) in [5, 5.41) is 10.6. The van der Waals surface area contributed by atoms with Gasteiger partial charge in [-0.3, -0.25) is 24.5 Å². The van der Waals surface area contributed by atoms with Gasteiger partial charge in [-0.2, -0.15) is 9.49 Å². The number of nitrogen functional groups attached to an aromatic ring is 1. The number of nitrogens with one attached hydrogen (secondary N) is 2. The lowest BCUT2D eigenvalue weighted by atomic mass is 9.78. The number of methoxy groups -OCH3 is 1. The fourth-order valence-corrected chi connectivity index (χ4v) is 8.60. The van der Waals surface area contributed by atoms with Crippen LogP contribution in [0.3, 0.4) is 0 Å². The molecule has 6 heterocycles. The monoisotopic (exact) mass is 802 g/mol. The number of piperidine rings is 1. The summed E-state index contributed by atoms with van der Waals surface area (Å²) in [5.41, 5.74) is 9.58. The molecule has 3 aliphatic heterocycles. The largest absolute Gasteiger partial charge is 0.494 e. The number of carbonyl (C=O) groups is 4. The molecule has 4 aliphatic rings. The Hall–Kier alpha value is -6.65. The molecule has 2 aromatic carbocycles. The quantitative estimate of drug-likeness (QED) is 0.170. The summed E-state index contributed by atoms with van der Waals surface area (Å²) in [7, 11) is 1.40. The van der Waals surface area contributed by atoms with Crippen LogP contribution in [-0.2, 0) is 14.4 Å². The number of likely N-dealkylation sites (tertiary alicyclic amines) is 1. The lowest BCUT2D eigenvalue weighted by molar-refractivity contribution is -0.145. The first-order valence-corrected chi connectivity index (χ1v) is 19.9. The highest BCUT2D eigenvalue weighted by Gasteiger charge is 2.44. The van der Waals surface area contributed by atoms with Crippen LogP contribution in [0.1, 0.15) is 55.1 Å². The van der Waals surface area contributed by atoms with E-state index in [1.165, 1.54) is 25.6 Å². The highest BCUT2D eigenvalue weighted by atomic mass is 19.1. The van der Waals surface area contributed by atoms with E-state index < -0.39 is 23.7 Å². The van der Waals surface area contributed by atoms with Crippen molar-refractivity contribution in [1.82, 2.24) is 40.3 Å². The molecule has 9 rings (SSSR count). The van der Waals surface area contributed by atoms with Crippen LogP contribution < -0.4 is 30.7 Å². The summed E-state index contributed by atoms with van der Waals surface area (Å²) >= 11 is 0. The number of halogens is 1. The standard InChI is InChI=1S/C42H43FN10O6/c1-58-32-3-2-4-33(36(32)43)59-29-12-7-23(8-13-29)37-35-38(44)46-22-47-39(35)53(50-37)27-9-5-24(6-10-27)42(57)52-20-26(21-52)25-18-51(19-25)28-11-14-30(45-17-28)40(55)48-31-15-16-34(54)49-41(31)56/h2-4,7-8,11-14,17,22,24-27,31H,5-6,9-10,15-16,18-21H2,1H3,(H,48,55)(H2,44,46,47)(H,49,54,56). The van der Waals surface area contributed by atoms with Crippen molar-refractivity contribution in [3.05, 3.63) is 78.6 Å². The van der Waals surface area contributed by atoms with Crippen LogP contribution in [-0.4, -0.2) is 92.6 Å². The first kappa shape index (κ1) is 37.9. The smallest absolute Gasteiger partial charge is 0.270 e. The summed E-state index contributed by atoms with van der Waals surface area (Å²) < 4.78 is 27.5. The number of carbonyl (C=O) groups excluding carboxylic acids is 4. The third-order valence-corrected chi connectivity index (χ3v) is 12.1. The van der Waals surface area contributed by atoms with Crippen LogP contribution in [0.25, 0.3) is 22.3 Å². The van der Waals surface area contributed by atoms with Gasteiger partial charge in [0.05, 0.1) is 30.4 Å². The van der Waals surface area contributed by atoms with Crippen molar-refractivity contribution in [3.63, 3.8) is 0 Å². The minimum Gasteiger partial charge on any atom is -0.494 e. The average Bonchev–Trinajstić information content (AvgIpc) is 3.61. The molecule has 4 fully saturated rings. The van der Waals surface area contributed by atoms with Gasteiger partial charge < -0.3 is 30.3 Å². The number of nitrogens with two attached hydrogens (primary N) is 1. The molecular formula is C42H43FN10O6. The molecule has 4 N–H and O–H groups in total. The lowest BCUT2D eigenvalue weighted by Crippen LogP contribution is -2.61. The summed E-state index contributed by atoms with van der Waals surface area (Å²) in [5.74, 6) is 0.137. The molecule has 59 heavy (non-hydrogen) atoms. The van der Waals surface area contributed by atoms with Gasteiger partial charge in [0.1, 0.15) is 35.3 Å². The Morgan fingerprint density at radius 2 is 1.64 bits per heavy atom. The number of benzene rings is 2. The van der Waals surface area contributed by atoms with Gasteiger partial charge in [0.2, 0.25) is 23.5 Å². The predicted molar refractivity (Wildman–Crippen MR) is 213 cm³/mol. The maximum absolute atomic E-state index is 14.7. The van der Waals surface area contributed by atoms with Crippen molar-refractivity contribution in [2.24, 2.45) is 17.8 Å². The first-order chi connectivity index (χ1) is 28.6. The third-order valence-electron chi connectivity index (χ3n) is 12.1. The second-order valence-electron chi connectivity index (χ2n) is 15.7. The van der Waals surface area contributed by atoms with E-state index in [9.17, 15) is 23.6 Å².